The van der Waals surface area contributed by atoms with Crippen molar-refractivity contribution in [2.75, 3.05) is 13.2 Å². The summed E-state index contributed by atoms with van der Waals surface area (Å²) in [6.07, 6.45) is 3.49. The number of ether oxygens (including phenoxy) is 1. The third kappa shape index (κ3) is 4.80. The van der Waals surface area contributed by atoms with E-state index in [2.05, 4.69) is 15.6 Å². The monoisotopic (exact) mass is 373 g/mol. The van der Waals surface area contributed by atoms with Crippen LogP contribution in [0.4, 0.5) is 0 Å². The lowest BCUT2D eigenvalue weighted by Crippen LogP contribution is -2.32. The Hall–Kier alpha value is -2.44. The first-order chi connectivity index (χ1) is 12.6. The largest absolute Gasteiger partial charge is 0.376 e. The van der Waals surface area contributed by atoms with E-state index >= 15 is 0 Å². The smallest absolute Gasteiger partial charge is 0.270 e. The van der Waals surface area contributed by atoms with Crippen molar-refractivity contribution in [3.05, 3.63) is 64.4 Å². The molecule has 2 heterocycles. The van der Waals surface area contributed by atoms with E-state index < -0.39 is 0 Å². The molecule has 2 aromatic rings. The lowest BCUT2D eigenvalue weighted by molar-refractivity contribution is 0.0857. The molecule has 1 aliphatic rings. The number of aromatic nitrogens is 1. The zero-order chi connectivity index (χ0) is 18.4. The van der Waals surface area contributed by atoms with Crippen molar-refractivity contribution in [3.63, 3.8) is 0 Å². The highest BCUT2D eigenvalue weighted by atomic mass is 35.5. The van der Waals surface area contributed by atoms with Gasteiger partial charge in [-0.05, 0) is 36.6 Å². The number of amides is 2. The summed E-state index contributed by atoms with van der Waals surface area (Å²) >= 11 is 6.08. The molecule has 0 saturated carbocycles. The van der Waals surface area contributed by atoms with Gasteiger partial charge in [0, 0.05) is 36.5 Å². The van der Waals surface area contributed by atoms with Gasteiger partial charge >= 0.3 is 0 Å². The van der Waals surface area contributed by atoms with Gasteiger partial charge in [-0.3, -0.25) is 14.6 Å². The highest BCUT2D eigenvalue weighted by Gasteiger charge is 2.17. The molecule has 1 aromatic carbocycles. The molecule has 0 aliphatic carbocycles. The van der Waals surface area contributed by atoms with E-state index in [9.17, 15) is 9.59 Å². The maximum absolute atomic E-state index is 12.3. The molecule has 1 unspecified atom stereocenters. The summed E-state index contributed by atoms with van der Waals surface area (Å²) in [6, 6.07) is 10.3. The summed E-state index contributed by atoms with van der Waals surface area (Å²) in [4.78, 5) is 28.6. The number of rotatable bonds is 6. The summed E-state index contributed by atoms with van der Waals surface area (Å²) in [5.74, 6) is -0.609. The van der Waals surface area contributed by atoms with E-state index in [1.807, 2.05) is 18.2 Å². The second-order valence-corrected chi connectivity index (χ2v) is 6.46. The first kappa shape index (κ1) is 18.4. The number of nitrogens with zero attached hydrogens (tertiary/aromatic N) is 1. The normalized spacial score (nSPS) is 16.3. The van der Waals surface area contributed by atoms with E-state index in [-0.39, 0.29) is 30.2 Å². The van der Waals surface area contributed by atoms with Crippen molar-refractivity contribution in [1.82, 2.24) is 15.6 Å². The summed E-state index contributed by atoms with van der Waals surface area (Å²) < 4.78 is 5.48. The fourth-order valence-electron chi connectivity index (χ4n) is 2.72. The van der Waals surface area contributed by atoms with Crippen LogP contribution in [0.3, 0.4) is 0 Å². The Morgan fingerprint density at radius 3 is 2.81 bits per heavy atom. The zero-order valence-electron chi connectivity index (χ0n) is 14.2. The second-order valence-electron chi connectivity index (χ2n) is 6.05. The number of halogens is 1. The van der Waals surface area contributed by atoms with Crippen LogP contribution in [-0.4, -0.2) is 36.1 Å². The van der Waals surface area contributed by atoms with E-state index in [1.165, 1.54) is 12.3 Å². The van der Waals surface area contributed by atoms with Crippen LogP contribution in [0.25, 0.3) is 0 Å². The van der Waals surface area contributed by atoms with Crippen LogP contribution in [0.1, 0.15) is 39.3 Å². The molecule has 1 saturated heterocycles. The maximum atomic E-state index is 12.3. The predicted molar refractivity (Wildman–Crippen MR) is 98.2 cm³/mol. The minimum absolute atomic E-state index is 0.0687. The molecule has 26 heavy (non-hydrogen) atoms. The first-order valence-corrected chi connectivity index (χ1v) is 8.89. The van der Waals surface area contributed by atoms with E-state index in [0.717, 1.165) is 25.0 Å². The summed E-state index contributed by atoms with van der Waals surface area (Å²) in [5.41, 5.74) is 1.38. The molecule has 1 aromatic heterocycles. The number of hydrogen-bond donors (Lipinski definition) is 2. The molecule has 136 valence electrons. The summed E-state index contributed by atoms with van der Waals surface area (Å²) in [5, 5.41) is 6.18. The number of carbonyl (C=O) groups excluding carboxylic acids is 2. The molecule has 7 heteroatoms. The van der Waals surface area contributed by atoms with Gasteiger partial charge in [0.1, 0.15) is 5.69 Å². The van der Waals surface area contributed by atoms with Crippen LogP contribution in [0.2, 0.25) is 5.02 Å². The molecule has 1 aliphatic heterocycles. The van der Waals surface area contributed by atoms with Crippen molar-refractivity contribution in [2.45, 2.75) is 25.5 Å². The minimum atomic E-state index is -0.362. The average Bonchev–Trinajstić information content (AvgIpc) is 3.19. The van der Waals surface area contributed by atoms with Gasteiger partial charge in [-0.25, -0.2) is 0 Å². The molecular weight excluding hydrogens is 354 g/mol. The topological polar surface area (TPSA) is 80.3 Å². The Morgan fingerprint density at radius 1 is 1.19 bits per heavy atom. The van der Waals surface area contributed by atoms with Gasteiger partial charge in [-0.1, -0.05) is 29.8 Å². The van der Waals surface area contributed by atoms with Gasteiger partial charge in [-0.15, -0.1) is 0 Å². The van der Waals surface area contributed by atoms with E-state index in [1.54, 1.807) is 12.1 Å². The average molecular weight is 374 g/mol. The Balaban J connectivity index is 1.58. The second kappa shape index (κ2) is 8.78. The van der Waals surface area contributed by atoms with Crippen LogP contribution in [0.5, 0.6) is 0 Å². The Labute approximate surface area is 156 Å². The Bertz CT molecular complexity index is 791. The first-order valence-electron chi connectivity index (χ1n) is 8.51. The van der Waals surface area contributed by atoms with Gasteiger partial charge in [0.15, 0.2) is 0 Å². The van der Waals surface area contributed by atoms with Crippen molar-refractivity contribution >= 4 is 23.4 Å². The van der Waals surface area contributed by atoms with Crippen LogP contribution in [0.15, 0.2) is 42.6 Å². The number of pyridine rings is 1. The fraction of sp³-hybridized carbons (Fsp3) is 0.316. The third-order valence-electron chi connectivity index (χ3n) is 4.17. The van der Waals surface area contributed by atoms with Crippen LogP contribution < -0.4 is 10.6 Å². The summed E-state index contributed by atoms with van der Waals surface area (Å²) in [7, 11) is 0. The minimum Gasteiger partial charge on any atom is -0.376 e. The highest BCUT2D eigenvalue weighted by Crippen LogP contribution is 2.14. The Morgan fingerprint density at radius 2 is 2.04 bits per heavy atom. The summed E-state index contributed by atoms with van der Waals surface area (Å²) in [6.45, 7) is 1.50. The van der Waals surface area contributed by atoms with E-state index in [4.69, 9.17) is 16.3 Å². The van der Waals surface area contributed by atoms with Gasteiger partial charge in [-0.2, -0.15) is 0 Å². The van der Waals surface area contributed by atoms with Crippen LogP contribution in [-0.2, 0) is 11.3 Å². The fourth-order valence-corrected chi connectivity index (χ4v) is 2.92. The predicted octanol–water partition coefficient (Wildman–Crippen LogP) is 2.57. The highest BCUT2D eigenvalue weighted by molar-refractivity contribution is 6.31. The molecule has 1 fully saturated rings. The Kier molecular flexibility index (Phi) is 6.20. The number of nitrogens with one attached hydrogen (secondary N) is 2. The maximum Gasteiger partial charge on any atom is 0.270 e. The van der Waals surface area contributed by atoms with E-state index in [0.29, 0.717) is 17.1 Å². The number of carbonyl (C=O) groups is 2. The zero-order valence-corrected chi connectivity index (χ0v) is 15.0. The van der Waals surface area contributed by atoms with Gasteiger partial charge in [0.25, 0.3) is 11.8 Å². The third-order valence-corrected chi connectivity index (χ3v) is 4.54. The van der Waals surface area contributed by atoms with Crippen LogP contribution >= 0.6 is 11.6 Å². The van der Waals surface area contributed by atoms with Gasteiger partial charge < -0.3 is 15.4 Å². The lowest BCUT2D eigenvalue weighted by atomic mass is 10.2. The van der Waals surface area contributed by atoms with Crippen molar-refractivity contribution in [2.24, 2.45) is 0 Å². The van der Waals surface area contributed by atoms with Crippen molar-refractivity contribution in [3.8, 4) is 0 Å². The lowest BCUT2D eigenvalue weighted by Gasteiger charge is -2.11. The van der Waals surface area contributed by atoms with Crippen LogP contribution in [0, 0.1) is 0 Å². The molecule has 2 amide bonds. The number of benzene rings is 1. The molecule has 0 bridgehead atoms. The van der Waals surface area contributed by atoms with Crippen molar-refractivity contribution < 1.29 is 14.3 Å². The molecule has 1 atom stereocenters. The molecule has 2 N–H and O–H groups in total. The molecule has 0 spiro atoms. The van der Waals surface area contributed by atoms with Crippen molar-refractivity contribution in [1.29, 1.82) is 0 Å². The SMILES string of the molecule is O=C(NCC1CCCO1)c1ccnc(C(=O)NCc2ccccc2Cl)c1. The molecular formula is C19H20ClN3O3. The molecule has 6 nitrogen and oxygen atoms in total. The standard InChI is InChI=1S/C19H20ClN3O3/c20-16-6-2-1-4-14(16)11-22-19(25)17-10-13(7-8-21-17)18(24)23-12-15-5-3-9-26-15/h1-2,4,6-8,10,15H,3,5,9,11-12H2,(H,22,25)(H,23,24). The van der Waals surface area contributed by atoms with Gasteiger partial charge in [0.2, 0.25) is 0 Å². The quantitative estimate of drug-likeness (QED) is 0.815. The molecule has 0 radical (unpaired) electrons. The van der Waals surface area contributed by atoms with Gasteiger partial charge in [0.05, 0.1) is 6.10 Å². The number of hydrogen-bond acceptors (Lipinski definition) is 4. The molecule has 3 rings (SSSR count).